The zero-order valence-electron chi connectivity index (χ0n) is 10.8. The molecule has 0 spiro atoms. The van der Waals surface area contributed by atoms with Gasteiger partial charge in [0.1, 0.15) is 4.70 Å². The Kier molecular flexibility index (Phi) is 3.32. The van der Waals surface area contributed by atoms with Crippen LogP contribution in [0, 0.1) is 0 Å². The monoisotopic (exact) mass is 294 g/mol. The fraction of sp³-hybridized carbons (Fsp3) is 0.417. The van der Waals surface area contributed by atoms with Gasteiger partial charge in [-0.2, -0.15) is 0 Å². The van der Waals surface area contributed by atoms with Crippen molar-refractivity contribution in [2.45, 2.75) is 24.9 Å². The van der Waals surface area contributed by atoms with Crippen molar-refractivity contribution in [1.82, 2.24) is 19.2 Å². The van der Waals surface area contributed by atoms with E-state index in [1.165, 1.54) is 11.3 Å². The molecule has 0 aliphatic rings. The van der Waals surface area contributed by atoms with E-state index in [-0.39, 0.29) is 5.56 Å². The first-order chi connectivity index (χ1) is 9.24. The second-order valence-electron chi connectivity index (χ2n) is 4.32. The summed E-state index contributed by atoms with van der Waals surface area (Å²) in [5.41, 5.74) is 0.905. The van der Waals surface area contributed by atoms with E-state index in [0.717, 1.165) is 34.0 Å². The maximum atomic E-state index is 12.2. The number of fused-ring (bicyclic) bond motifs is 3. The summed E-state index contributed by atoms with van der Waals surface area (Å²) in [5.74, 6) is 1.63. The first kappa shape index (κ1) is 12.7. The molecule has 0 aliphatic carbocycles. The molecule has 0 aromatic carbocycles. The van der Waals surface area contributed by atoms with Gasteiger partial charge in [-0.1, -0.05) is 25.1 Å². The molecule has 0 saturated carbocycles. The molecule has 0 fully saturated rings. The molecule has 0 bridgehead atoms. The van der Waals surface area contributed by atoms with Crippen molar-refractivity contribution >= 4 is 39.1 Å². The zero-order valence-corrected chi connectivity index (χ0v) is 12.4. The average molecular weight is 294 g/mol. The summed E-state index contributed by atoms with van der Waals surface area (Å²) < 4.78 is 4.30. The van der Waals surface area contributed by atoms with Gasteiger partial charge in [0.25, 0.3) is 5.56 Å². The summed E-state index contributed by atoms with van der Waals surface area (Å²) >= 11 is 3.16. The number of hydrogen-bond donors (Lipinski definition) is 0. The van der Waals surface area contributed by atoms with Crippen molar-refractivity contribution < 1.29 is 0 Å². The molecule has 100 valence electrons. The first-order valence-electron chi connectivity index (χ1n) is 6.18. The van der Waals surface area contributed by atoms with Gasteiger partial charge in [0, 0.05) is 12.8 Å². The highest BCUT2D eigenvalue weighted by atomic mass is 32.2. The SMILES string of the molecule is CCCCSc1nnc2n(C)c(=O)c3sccc3n12. The lowest BCUT2D eigenvalue weighted by atomic mass is 10.4. The average Bonchev–Trinajstić information content (AvgIpc) is 3.02. The van der Waals surface area contributed by atoms with E-state index >= 15 is 0 Å². The van der Waals surface area contributed by atoms with Crippen molar-refractivity contribution in [3.05, 3.63) is 21.8 Å². The summed E-state index contributed by atoms with van der Waals surface area (Å²) in [5, 5.41) is 11.2. The minimum atomic E-state index is -0.00462. The molecule has 0 atom stereocenters. The molecule has 3 rings (SSSR count). The Morgan fingerprint density at radius 1 is 1.42 bits per heavy atom. The van der Waals surface area contributed by atoms with Gasteiger partial charge in [-0.25, -0.2) is 0 Å². The second kappa shape index (κ2) is 4.97. The van der Waals surface area contributed by atoms with Gasteiger partial charge in [-0.3, -0.25) is 13.8 Å². The predicted molar refractivity (Wildman–Crippen MR) is 79.2 cm³/mol. The molecule has 19 heavy (non-hydrogen) atoms. The highest BCUT2D eigenvalue weighted by molar-refractivity contribution is 7.99. The largest absolute Gasteiger partial charge is 0.279 e. The highest BCUT2D eigenvalue weighted by Gasteiger charge is 2.15. The predicted octanol–water partition coefficient (Wildman–Crippen LogP) is 2.53. The normalized spacial score (nSPS) is 11.7. The lowest BCUT2D eigenvalue weighted by Gasteiger charge is -2.04. The summed E-state index contributed by atoms with van der Waals surface area (Å²) in [6.45, 7) is 2.17. The quantitative estimate of drug-likeness (QED) is 0.548. The Bertz CT molecular complexity index is 786. The number of hydrogen-bond acceptors (Lipinski definition) is 5. The van der Waals surface area contributed by atoms with Crippen molar-refractivity contribution in [1.29, 1.82) is 0 Å². The Morgan fingerprint density at radius 3 is 3.05 bits per heavy atom. The molecule has 0 N–H and O–H groups in total. The Labute approximate surface area is 118 Å². The number of aromatic nitrogens is 4. The van der Waals surface area contributed by atoms with Gasteiger partial charge in [0.2, 0.25) is 5.78 Å². The Hall–Kier alpha value is -1.34. The molecule has 3 aromatic heterocycles. The van der Waals surface area contributed by atoms with Gasteiger partial charge in [0.15, 0.2) is 5.16 Å². The molecule has 3 aromatic rings. The smallest absolute Gasteiger partial charge is 0.272 e. The van der Waals surface area contributed by atoms with Crippen LogP contribution < -0.4 is 5.56 Å². The van der Waals surface area contributed by atoms with Crippen LogP contribution in [0.15, 0.2) is 21.4 Å². The zero-order chi connectivity index (χ0) is 13.4. The van der Waals surface area contributed by atoms with Crippen molar-refractivity contribution in [3.8, 4) is 0 Å². The van der Waals surface area contributed by atoms with Crippen LogP contribution in [0.2, 0.25) is 0 Å². The first-order valence-corrected chi connectivity index (χ1v) is 8.04. The summed E-state index contributed by atoms with van der Waals surface area (Å²) in [6.07, 6.45) is 2.31. The van der Waals surface area contributed by atoms with Crippen LogP contribution >= 0.6 is 23.1 Å². The molecule has 0 saturated heterocycles. The summed E-state index contributed by atoms with van der Waals surface area (Å²) in [6, 6.07) is 1.96. The molecule has 0 aliphatic heterocycles. The van der Waals surface area contributed by atoms with Crippen LogP contribution in [-0.4, -0.2) is 24.9 Å². The minimum Gasteiger partial charge on any atom is -0.279 e. The molecular weight excluding hydrogens is 280 g/mol. The standard InChI is InChI=1S/C12H14N4OS2/c1-3-4-6-19-12-14-13-11-15(2)10(17)9-8(16(11)12)5-7-18-9/h5,7H,3-4,6H2,1-2H3. The van der Waals surface area contributed by atoms with Gasteiger partial charge < -0.3 is 0 Å². The third-order valence-electron chi connectivity index (χ3n) is 3.03. The molecule has 3 heterocycles. The number of aryl methyl sites for hydroxylation is 1. The minimum absolute atomic E-state index is 0.00462. The van der Waals surface area contributed by atoms with Crippen LogP contribution in [0.3, 0.4) is 0 Å². The second-order valence-corrected chi connectivity index (χ2v) is 6.30. The van der Waals surface area contributed by atoms with Gasteiger partial charge in [0.05, 0.1) is 5.52 Å². The summed E-state index contributed by atoms with van der Waals surface area (Å²) in [4.78, 5) is 12.2. The van der Waals surface area contributed by atoms with E-state index in [2.05, 4.69) is 17.1 Å². The number of thioether (sulfide) groups is 1. The van der Waals surface area contributed by atoms with E-state index in [1.54, 1.807) is 23.4 Å². The van der Waals surface area contributed by atoms with E-state index in [4.69, 9.17) is 0 Å². The van der Waals surface area contributed by atoms with Crippen LogP contribution in [-0.2, 0) is 7.05 Å². The van der Waals surface area contributed by atoms with E-state index in [1.807, 2.05) is 15.8 Å². The third-order valence-corrected chi connectivity index (χ3v) is 4.94. The van der Waals surface area contributed by atoms with E-state index < -0.39 is 0 Å². The topological polar surface area (TPSA) is 52.2 Å². The number of nitrogens with zero attached hydrogens (tertiary/aromatic N) is 4. The van der Waals surface area contributed by atoms with Crippen molar-refractivity contribution in [3.63, 3.8) is 0 Å². The molecule has 0 radical (unpaired) electrons. The molecule has 7 heteroatoms. The van der Waals surface area contributed by atoms with Gasteiger partial charge in [-0.05, 0) is 17.9 Å². The number of thiophene rings is 1. The maximum absolute atomic E-state index is 12.2. The maximum Gasteiger partial charge on any atom is 0.272 e. The lowest BCUT2D eigenvalue weighted by Crippen LogP contribution is -2.18. The van der Waals surface area contributed by atoms with Crippen LogP contribution in [0.25, 0.3) is 16.0 Å². The van der Waals surface area contributed by atoms with Gasteiger partial charge in [-0.15, -0.1) is 21.5 Å². The fourth-order valence-corrected chi connectivity index (χ4v) is 3.85. The molecular formula is C12H14N4OS2. The Morgan fingerprint density at radius 2 is 2.26 bits per heavy atom. The number of unbranched alkanes of at least 4 members (excludes halogenated alkanes) is 1. The molecule has 0 amide bonds. The van der Waals surface area contributed by atoms with Gasteiger partial charge >= 0.3 is 0 Å². The Balaban J connectivity index is 2.23. The van der Waals surface area contributed by atoms with Crippen LogP contribution in [0.5, 0.6) is 0 Å². The number of rotatable bonds is 4. The van der Waals surface area contributed by atoms with E-state index in [0.29, 0.717) is 5.78 Å². The van der Waals surface area contributed by atoms with Crippen molar-refractivity contribution in [2.24, 2.45) is 7.05 Å². The lowest BCUT2D eigenvalue weighted by molar-refractivity contribution is 0.854. The van der Waals surface area contributed by atoms with Crippen LogP contribution in [0.1, 0.15) is 19.8 Å². The summed E-state index contributed by atoms with van der Waals surface area (Å²) in [7, 11) is 1.74. The van der Waals surface area contributed by atoms with E-state index in [9.17, 15) is 4.79 Å². The highest BCUT2D eigenvalue weighted by Crippen LogP contribution is 2.24. The molecule has 5 nitrogen and oxygen atoms in total. The van der Waals surface area contributed by atoms with Crippen LogP contribution in [0.4, 0.5) is 0 Å². The fourth-order valence-electron chi connectivity index (χ4n) is 1.97. The third kappa shape index (κ3) is 1.97. The molecule has 0 unspecified atom stereocenters. The van der Waals surface area contributed by atoms with Crippen molar-refractivity contribution in [2.75, 3.05) is 5.75 Å².